The Kier molecular flexibility index (Phi) is 8.41. The number of ether oxygens (including phenoxy) is 1. The lowest BCUT2D eigenvalue weighted by molar-refractivity contribution is -0.138. The van der Waals surface area contributed by atoms with E-state index in [4.69, 9.17) is 4.74 Å². The molecule has 2 N–H and O–H groups in total. The summed E-state index contributed by atoms with van der Waals surface area (Å²) in [6.07, 6.45) is -4.70. The van der Waals surface area contributed by atoms with Crippen molar-refractivity contribution in [2.24, 2.45) is 0 Å². The predicted octanol–water partition coefficient (Wildman–Crippen LogP) is 3.02. The van der Waals surface area contributed by atoms with E-state index in [-0.39, 0.29) is 34.8 Å². The van der Waals surface area contributed by atoms with Gasteiger partial charge in [-0.25, -0.2) is 18.8 Å². The molecule has 234 valence electrons. The highest BCUT2D eigenvalue weighted by molar-refractivity contribution is 5.89. The zero-order valence-corrected chi connectivity index (χ0v) is 24.6. The van der Waals surface area contributed by atoms with Crippen LogP contribution in [-0.2, 0) is 19.3 Å². The lowest BCUT2D eigenvalue weighted by atomic mass is 10.1. The van der Waals surface area contributed by atoms with E-state index in [0.29, 0.717) is 17.1 Å². The van der Waals surface area contributed by atoms with Gasteiger partial charge in [0.1, 0.15) is 5.39 Å². The Hall–Kier alpha value is -5.51. The molecule has 0 aliphatic heterocycles. The summed E-state index contributed by atoms with van der Waals surface area (Å²) in [6.45, 7) is -0.391. The van der Waals surface area contributed by atoms with Crippen molar-refractivity contribution in [1.82, 2.24) is 39.3 Å². The first kappa shape index (κ1) is 30.9. The van der Waals surface area contributed by atoms with Gasteiger partial charge in [0, 0.05) is 25.3 Å². The minimum absolute atomic E-state index is 0.00188. The molecular formula is C29H28F3N9O4. The third kappa shape index (κ3) is 6.12. The number of aromatic nitrogens is 6. The van der Waals surface area contributed by atoms with Gasteiger partial charge < -0.3 is 20.3 Å². The van der Waals surface area contributed by atoms with Crippen LogP contribution in [0.25, 0.3) is 22.5 Å². The van der Waals surface area contributed by atoms with E-state index in [2.05, 4.69) is 25.9 Å². The summed E-state index contributed by atoms with van der Waals surface area (Å²) in [4.78, 5) is 41.7. The molecule has 0 aliphatic rings. The average molecular weight is 624 g/mol. The molecule has 45 heavy (non-hydrogen) atoms. The summed E-state index contributed by atoms with van der Waals surface area (Å²) in [7, 11) is 6.38. The Balaban J connectivity index is 1.82. The monoisotopic (exact) mass is 623 g/mol. The van der Waals surface area contributed by atoms with Crippen molar-refractivity contribution in [2.45, 2.75) is 19.3 Å². The first-order valence-electron chi connectivity index (χ1n) is 13.5. The highest BCUT2D eigenvalue weighted by Crippen LogP contribution is 2.32. The molecule has 13 nitrogen and oxygen atoms in total. The first-order chi connectivity index (χ1) is 21.4. The van der Waals surface area contributed by atoms with Crippen LogP contribution in [0.3, 0.4) is 0 Å². The summed E-state index contributed by atoms with van der Waals surface area (Å²) in [6, 6.07) is 13.7. The van der Waals surface area contributed by atoms with E-state index < -0.39 is 35.6 Å². The van der Waals surface area contributed by atoms with Crippen molar-refractivity contribution in [1.29, 1.82) is 0 Å². The van der Waals surface area contributed by atoms with E-state index in [0.717, 1.165) is 15.2 Å². The molecular weight excluding hydrogens is 595 g/mol. The molecule has 3 heterocycles. The highest BCUT2D eigenvalue weighted by Gasteiger charge is 2.34. The molecule has 2 aromatic carbocycles. The van der Waals surface area contributed by atoms with Crippen LogP contribution in [0.4, 0.5) is 23.7 Å². The van der Waals surface area contributed by atoms with E-state index in [1.54, 1.807) is 43.3 Å². The van der Waals surface area contributed by atoms with Gasteiger partial charge in [-0.05, 0) is 56.1 Å². The van der Waals surface area contributed by atoms with Crippen molar-refractivity contribution in [3.63, 3.8) is 0 Å². The number of methoxy groups -OCH3 is 1. The molecule has 16 heteroatoms. The molecule has 5 rings (SSSR count). The van der Waals surface area contributed by atoms with Crippen LogP contribution in [0.15, 0.2) is 70.3 Å². The van der Waals surface area contributed by atoms with Crippen molar-refractivity contribution in [3.05, 3.63) is 98.3 Å². The summed E-state index contributed by atoms with van der Waals surface area (Å²) in [5.74, 6) is -0.0264. The van der Waals surface area contributed by atoms with E-state index in [9.17, 15) is 27.6 Å². The van der Waals surface area contributed by atoms with Gasteiger partial charge in [0.2, 0.25) is 5.88 Å². The van der Waals surface area contributed by atoms with Gasteiger partial charge in [-0.2, -0.15) is 13.2 Å². The first-order valence-corrected chi connectivity index (χ1v) is 13.5. The molecule has 0 saturated carbocycles. The van der Waals surface area contributed by atoms with Gasteiger partial charge in [0.25, 0.3) is 5.56 Å². The second kappa shape index (κ2) is 12.2. The number of alkyl halides is 3. The molecule has 0 aliphatic carbocycles. The van der Waals surface area contributed by atoms with Crippen LogP contribution in [0.1, 0.15) is 16.8 Å². The summed E-state index contributed by atoms with van der Waals surface area (Å²) >= 11 is 0. The van der Waals surface area contributed by atoms with Gasteiger partial charge in [0.15, 0.2) is 11.5 Å². The molecule has 0 radical (unpaired) electrons. The van der Waals surface area contributed by atoms with E-state index in [1.807, 2.05) is 0 Å². The van der Waals surface area contributed by atoms with E-state index >= 15 is 0 Å². The summed E-state index contributed by atoms with van der Waals surface area (Å²) < 4.78 is 50.2. The van der Waals surface area contributed by atoms with Gasteiger partial charge in [0.05, 0.1) is 30.6 Å². The van der Waals surface area contributed by atoms with Crippen LogP contribution >= 0.6 is 0 Å². The van der Waals surface area contributed by atoms with Crippen molar-refractivity contribution in [2.75, 3.05) is 33.6 Å². The number of nitrogens with zero attached hydrogens (tertiary/aromatic N) is 7. The number of fused-ring (bicyclic) bond motifs is 1. The molecule has 0 bridgehead atoms. The Morgan fingerprint density at radius 1 is 1.00 bits per heavy atom. The van der Waals surface area contributed by atoms with Gasteiger partial charge in [-0.3, -0.25) is 9.36 Å². The second-order valence-electron chi connectivity index (χ2n) is 10.1. The number of urea groups is 1. The molecule has 0 saturated heterocycles. The predicted molar refractivity (Wildman–Crippen MR) is 159 cm³/mol. The fourth-order valence-electron chi connectivity index (χ4n) is 4.79. The smallest absolute Gasteiger partial charge is 0.416 e. The average Bonchev–Trinajstić information content (AvgIpc) is 3.38. The normalized spacial score (nSPS) is 11.6. The molecule has 0 fully saturated rings. The number of hydrogen-bond acceptors (Lipinski definition) is 8. The molecule has 0 atom stereocenters. The topological polar surface area (TPSA) is 141 Å². The number of rotatable bonds is 8. The number of hydrogen-bond donors (Lipinski definition) is 2. The van der Waals surface area contributed by atoms with Gasteiger partial charge in [-0.1, -0.05) is 18.2 Å². The highest BCUT2D eigenvalue weighted by atomic mass is 19.4. The van der Waals surface area contributed by atoms with Crippen LogP contribution < -0.4 is 26.6 Å². The van der Waals surface area contributed by atoms with Crippen molar-refractivity contribution in [3.8, 4) is 17.4 Å². The zero-order chi connectivity index (χ0) is 32.5. The molecule has 2 amide bonds. The standard InChI is InChI=1S/C29H28F3N9O4/c1-33-27(43)34-18-9-11-19(12-10-18)41-21(16-38(2)3)24-25(37-41)39(15-17-7-5-6-8-20(17)29(30,31)32)28(44)40(26(24)42)22-13-14-23(45-4)36-35-22/h5-14H,15-16H2,1-4H3,(H2,33,34,43). The quantitative estimate of drug-likeness (QED) is 0.269. The van der Waals surface area contributed by atoms with Crippen molar-refractivity contribution >= 4 is 22.8 Å². The lowest BCUT2D eigenvalue weighted by Crippen LogP contribution is -2.40. The largest absolute Gasteiger partial charge is 0.480 e. The molecule has 0 spiro atoms. The maximum Gasteiger partial charge on any atom is 0.416 e. The molecule has 0 unspecified atom stereocenters. The zero-order valence-electron chi connectivity index (χ0n) is 24.6. The van der Waals surface area contributed by atoms with Gasteiger partial charge >= 0.3 is 17.9 Å². The summed E-state index contributed by atoms with van der Waals surface area (Å²) in [5, 5.41) is 17.5. The number of benzene rings is 2. The Morgan fingerprint density at radius 2 is 1.71 bits per heavy atom. The summed E-state index contributed by atoms with van der Waals surface area (Å²) in [5.41, 5.74) is -1.69. The molecule has 5 aromatic rings. The third-order valence-electron chi connectivity index (χ3n) is 6.84. The fourth-order valence-corrected chi connectivity index (χ4v) is 4.79. The maximum atomic E-state index is 14.1. The number of carbonyl (C=O) groups is 1. The minimum atomic E-state index is -4.70. The van der Waals surface area contributed by atoms with Crippen LogP contribution in [-0.4, -0.2) is 68.3 Å². The van der Waals surface area contributed by atoms with Gasteiger partial charge in [-0.15, -0.1) is 15.3 Å². The number of carbonyl (C=O) groups excluding carboxylic acids is 1. The molecule has 3 aromatic heterocycles. The van der Waals surface area contributed by atoms with Crippen molar-refractivity contribution < 1.29 is 22.7 Å². The minimum Gasteiger partial charge on any atom is -0.480 e. The lowest BCUT2D eigenvalue weighted by Gasteiger charge is -2.15. The second-order valence-corrected chi connectivity index (χ2v) is 10.1. The van der Waals surface area contributed by atoms with E-state index in [1.165, 1.54) is 49.2 Å². The Labute approximate surface area is 253 Å². The number of halogens is 3. The number of amides is 2. The Bertz CT molecular complexity index is 1980. The number of anilines is 1. The SMILES string of the molecule is CNC(=O)Nc1ccc(-n2nc3c(c2CN(C)C)c(=O)n(-c2ccc(OC)nn2)c(=O)n3Cc2ccccc2C(F)(F)F)cc1. The van der Waals surface area contributed by atoms with Crippen LogP contribution in [0.5, 0.6) is 5.88 Å². The Morgan fingerprint density at radius 3 is 2.31 bits per heavy atom. The maximum absolute atomic E-state index is 14.1. The number of nitrogens with one attached hydrogen (secondary N) is 2. The fraction of sp³-hybridized carbons (Fsp3) is 0.241. The van der Waals surface area contributed by atoms with Crippen LogP contribution in [0.2, 0.25) is 0 Å². The third-order valence-corrected chi connectivity index (χ3v) is 6.84. The van der Waals surface area contributed by atoms with Crippen LogP contribution in [0, 0.1) is 0 Å².